The van der Waals surface area contributed by atoms with Gasteiger partial charge in [-0.05, 0) is 73.5 Å². The van der Waals surface area contributed by atoms with Crippen LogP contribution in [0.15, 0.2) is 0 Å². The van der Waals surface area contributed by atoms with Crippen LogP contribution in [0, 0.1) is 40.4 Å². The maximum Gasteiger partial charge on any atom is 0.135 e. The van der Waals surface area contributed by atoms with Crippen molar-refractivity contribution < 1.29 is 9.90 Å². The van der Waals surface area contributed by atoms with Crippen molar-refractivity contribution >= 4 is 5.78 Å². The lowest BCUT2D eigenvalue weighted by Gasteiger charge is -2.65. The molecule has 24 heavy (non-hydrogen) atoms. The van der Waals surface area contributed by atoms with E-state index >= 15 is 0 Å². The minimum absolute atomic E-state index is 0.0468. The fourth-order valence-corrected chi connectivity index (χ4v) is 8.24. The van der Waals surface area contributed by atoms with Gasteiger partial charge in [-0.15, -0.1) is 0 Å². The summed E-state index contributed by atoms with van der Waals surface area (Å²) in [4.78, 5) is 12.1. The molecular weight excluding hydrogens is 296 g/mol. The zero-order valence-electron chi connectivity index (χ0n) is 16.1. The van der Waals surface area contributed by atoms with Crippen molar-refractivity contribution in [2.24, 2.45) is 40.4 Å². The van der Waals surface area contributed by atoms with Crippen LogP contribution in [0.5, 0.6) is 0 Å². The van der Waals surface area contributed by atoms with Crippen molar-refractivity contribution in [1.29, 1.82) is 0 Å². The van der Waals surface area contributed by atoms with Gasteiger partial charge in [0.1, 0.15) is 5.78 Å². The summed E-state index contributed by atoms with van der Waals surface area (Å²) in [6, 6.07) is 0. The molecular formula is C22H36O2. The molecule has 4 aliphatic carbocycles. The molecule has 4 saturated carbocycles. The maximum atomic E-state index is 12.1. The first-order valence-electron chi connectivity index (χ1n) is 10.5. The van der Waals surface area contributed by atoms with E-state index in [1.54, 1.807) is 0 Å². The molecule has 0 unspecified atom stereocenters. The predicted octanol–water partition coefficient (Wildman–Crippen LogP) is 4.99. The third-order valence-electron chi connectivity index (χ3n) is 9.76. The van der Waals surface area contributed by atoms with Gasteiger partial charge in [-0.1, -0.05) is 34.1 Å². The van der Waals surface area contributed by atoms with Gasteiger partial charge in [0.25, 0.3) is 0 Å². The van der Waals surface area contributed by atoms with Crippen molar-refractivity contribution in [1.82, 2.24) is 0 Å². The lowest BCUT2D eigenvalue weighted by Crippen LogP contribution is -2.65. The number of carbonyl (C=O) groups is 1. The van der Waals surface area contributed by atoms with Gasteiger partial charge in [0, 0.05) is 18.3 Å². The number of Topliss-reactive ketones (excluding diaryl/α,β-unsaturated/α-hetero) is 1. The van der Waals surface area contributed by atoms with Crippen LogP contribution in [0.3, 0.4) is 0 Å². The molecule has 4 aliphatic rings. The van der Waals surface area contributed by atoms with E-state index in [0.717, 1.165) is 30.6 Å². The standard InChI is InChI=1S/C22H36O2/c1-5-15-6-7-18-17-12-14(2)22(24)13-16(23)8-11-21(22,4)19(17)9-10-20(15,18)3/h14-15,17-19,24H,5-13H2,1-4H3/t14-,15+,17+,18+,19+,20-,21-,22+/m1/s1. The van der Waals surface area contributed by atoms with Crippen LogP contribution in [-0.2, 0) is 4.79 Å². The van der Waals surface area contributed by atoms with Crippen LogP contribution in [0.1, 0.15) is 85.5 Å². The van der Waals surface area contributed by atoms with E-state index in [-0.39, 0.29) is 17.1 Å². The van der Waals surface area contributed by atoms with Crippen molar-refractivity contribution in [3.8, 4) is 0 Å². The molecule has 0 saturated heterocycles. The maximum absolute atomic E-state index is 12.1. The number of hydrogen-bond acceptors (Lipinski definition) is 2. The Hall–Kier alpha value is -0.370. The van der Waals surface area contributed by atoms with Gasteiger partial charge in [0.15, 0.2) is 0 Å². The average molecular weight is 333 g/mol. The van der Waals surface area contributed by atoms with Crippen LogP contribution in [0.25, 0.3) is 0 Å². The van der Waals surface area contributed by atoms with E-state index in [2.05, 4.69) is 27.7 Å². The summed E-state index contributed by atoms with van der Waals surface area (Å²) in [6.45, 7) is 9.51. The number of fused-ring (bicyclic) bond motifs is 5. The Morgan fingerprint density at radius 3 is 2.58 bits per heavy atom. The summed E-state index contributed by atoms with van der Waals surface area (Å²) < 4.78 is 0. The van der Waals surface area contributed by atoms with E-state index in [1.807, 2.05) is 0 Å². The van der Waals surface area contributed by atoms with Crippen LogP contribution < -0.4 is 0 Å². The summed E-state index contributed by atoms with van der Waals surface area (Å²) in [7, 11) is 0. The average Bonchev–Trinajstić information content (AvgIpc) is 2.87. The predicted molar refractivity (Wildman–Crippen MR) is 96.5 cm³/mol. The quantitative estimate of drug-likeness (QED) is 0.735. The summed E-state index contributed by atoms with van der Waals surface area (Å²) in [5.41, 5.74) is -0.263. The number of carbonyl (C=O) groups excluding carboxylic acids is 1. The highest BCUT2D eigenvalue weighted by Crippen LogP contribution is 2.69. The van der Waals surface area contributed by atoms with Gasteiger partial charge < -0.3 is 5.11 Å². The molecule has 136 valence electrons. The molecule has 0 aromatic heterocycles. The lowest BCUT2D eigenvalue weighted by molar-refractivity contribution is -0.227. The zero-order valence-corrected chi connectivity index (χ0v) is 16.1. The third kappa shape index (κ3) is 1.95. The molecule has 1 N–H and O–H groups in total. The summed E-state index contributed by atoms with van der Waals surface area (Å²) >= 11 is 0. The molecule has 4 fully saturated rings. The number of rotatable bonds is 1. The molecule has 0 heterocycles. The Morgan fingerprint density at radius 1 is 1.12 bits per heavy atom. The van der Waals surface area contributed by atoms with Gasteiger partial charge in [-0.2, -0.15) is 0 Å². The monoisotopic (exact) mass is 332 g/mol. The second-order valence-corrected chi connectivity index (χ2v) is 10.3. The molecule has 0 aliphatic heterocycles. The second kappa shape index (κ2) is 5.32. The molecule has 4 rings (SSSR count). The summed E-state index contributed by atoms with van der Waals surface area (Å²) in [6.07, 6.45) is 9.90. The van der Waals surface area contributed by atoms with E-state index in [0.29, 0.717) is 24.2 Å². The largest absolute Gasteiger partial charge is 0.389 e. The molecule has 0 aromatic rings. The Balaban J connectivity index is 1.70. The van der Waals surface area contributed by atoms with Crippen molar-refractivity contribution in [2.45, 2.75) is 91.1 Å². The van der Waals surface area contributed by atoms with Crippen LogP contribution >= 0.6 is 0 Å². The van der Waals surface area contributed by atoms with Gasteiger partial charge in [0.05, 0.1) is 5.60 Å². The molecule has 0 spiro atoms. The number of aliphatic hydroxyl groups is 1. The van der Waals surface area contributed by atoms with Gasteiger partial charge >= 0.3 is 0 Å². The highest BCUT2D eigenvalue weighted by Gasteiger charge is 2.66. The van der Waals surface area contributed by atoms with Gasteiger partial charge in [0.2, 0.25) is 0 Å². The van der Waals surface area contributed by atoms with E-state index in [9.17, 15) is 9.90 Å². The molecule has 0 amide bonds. The van der Waals surface area contributed by atoms with Crippen molar-refractivity contribution in [3.63, 3.8) is 0 Å². The molecule has 0 radical (unpaired) electrons. The Labute approximate surface area is 147 Å². The molecule has 8 atom stereocenters. The minimum atomic E-state index is -0.750. The fourth-order valence-electron chi connectivity index (χ4n) is 8.24. The minimum Gasteiger partial charge on any atom is -0.389 e. The van der Waals surface area contributed by atoms with E-state index in [4.69, 9.17) is 0 Å². The highest BCUT2D eigenvalue weighted by molar-refractivity contribution is 5.81. The first kappa shape index (κ1) is 17.1. The molecule has 0 bridgehead atoms. The third-order valence-corrected chi connectivity index (χ3v) is 9.76. The number of ketones is 1. The van der Waals surface area contributed by atoms with Gasteiger partial charge in [-0.3, -0.25) is 4.79 Å². The fraction of sp³-hybridized carbons (Fsp3) is 0.955. The second-order valence-electron chi connectivity index (χ2n) is 10.3. The Bertz CT molecular complexity index is 542. The lowest BCUT2D eigenvalue weighted by atomic mass is 9.41. The van der Waals surface area contributed by atoms with E-state index in [1.165, 1.54) is 32.1 Å². The number of hydrogen-bond donors (Lipinski definition) is 1. The van der Waals surface area contributed by atoms with Crippen LogP contribution in [0.4, 0.5) is 0 Å². The topological polar surface area (TPSA) is 37.3 Å². The van der Waals surface area contributed by atoms with Crippen LogP contribution in [0.2, 0.25) is 0 Å². The SMILES string of the molecule is CC[C@H]1CC[C@H]2[C@@H]3C[C@@H](C)[C@@]4(O)CC(=O)CC[C@]4(C)[C@H]3CC[C@]12C. The van der Waals surface area contributed by atoms with E-state index < -0.39 is 5.60 Å². The van der Waals surface area contributed by atoms with Crippen molar-refractivity contribution in [3.05, 3.63) is 0 Å². The zero-order chi connectivity index (χ0) is 17.3. The van der Waals surface area contributed by atoms with Gasteiger partial charge in [-0.25, -0.2) is 0 Å². The molecule has 2 heteroatoms. The molecule has 0 aromatic carbocycles. The summed E-state index contributed by atoms with van der Waals surface area (Å²) in [5.74, 6) is 3.70. The first-order valence-corrected chi connectivity index (χ1v) is 10.5. The Morgan fingerprint density at radius 2 is 1.88 bits per heavy atom. The first-order chi connectivity index (χ1) is 11.3. The smallest absolute Gasteiger partial charge is 0.135 e. The Kier molecular flexibility index (Phi) is 3.78. The normalized spacial score (nSPS) is 57.2. The van der Waals surface area contributed by atoms with Crippen LogP contribution in [-0.4, -0.2) is 16.5 Å². The molecule has 2 nitrogen and oxygen atoms in total. The highest BCUT2D eigenvalue weighted by atomic mass is 16.3. The van der Waals surface area contributed by atoms with Crippen molar-refractivity contribution in [2.75, 3.05) is 0 Å². The summed E-state index contributed by atoms with van der Waals surface area (Å²) in [5, 5.41) is 11.6.